The molecule has 3 rings (SSSR count). The molecule has 0 heterocycles. The van der Waals surface area contributed by atoms with Crippen molar-refractivity contribution in [1.29, 1.82) is 0 Å². The Morgan fingerprint density at radius 3 is 2.40 bits per heavy atom. The number of nitrogens with zero attached hydrogens (tertiary/aromatic N) is 1. The van der Waals surface area contributed by atoms with Crippen molar-refractivity contribution in [2.24, 2.45) is 0 Å². The van der Waals surface area contributed by atoms with Crippen LogP contribution in [0.4, 0.5) is 5.69 Å². The maximum absolute atomic E-state index is 12.3. The van der Waals surface area contributed by atoms with Crippen molar-refractivity contribution in [2.75, 3.05) is 18.5 Å². The first-order valence-corrected chi connectivity index (χ1v) is 9.06. The molecule has 0 aliphatic heterocycles. The van der Waals surface area contributed by atoms with Gasteiger partial charge in [0.15, 0.2) is 0 Å². The van der Waals surface area contributed by atoms with Crippen LogP contribution < -0.4 is 5.32 Å². The topological polar surface area (TPSA) is 52.6 Å². The van der Waals surface area contributed by atoms with E-state index in [1.807, 2.05) is 54.6 Å². The molecule has 4 heteroatoms. The molecule has 0 radical (unpaired) electrons. The summed E-state index contributed by atoms with van der Waals surface area (Å²) in [5.74, 6) is -0.0836. The van der Waals surface area contributed by atoms with Gasteiger partial charge in [-0.1, -0.05) is 30.3 Å². The van der Waals surface area contributed by atoms with Gasteiger partial charge in [0.05, 0.1) is 0 Å². The van der Waals surface area contributed by atoms with E-state index >= 15 is 0 Å². The van der Waals surface area contributed by atoms with E-state index in [1.165, 1.54) is 18.4 Å². The Labute approximate surface area is 149 Å². The first-order valence-electron chi connectivity index (χ1n) is 9.06. The van der Waals surface area contributed by atoms with Gasteiger partial charge < -0.3 is 10.4 Å². The number of nitrogens with one attached hydrogen (secondary N) is 1. The van der Waals surface area contributed by atoms with Crippen LogP contribution in [0.15, 0.2) is 54.6 Å². The Balaban J connectivity index is 1.56. The third-order valence-corrected chi connectivity index (χ3v) is 4.55. The van der Waals surface area contributed by atoms with Gasteiger partial charge in [0, 0.05) is 30.4 Å². The van der Waals surface area contributed by atoms with E-state index in [0.717, 1.165) is 31.6 Å². The van der Waals surface area contributed by atoms with Gasteiger partial charge in [-0.25, -0.2) is 0 Å². The molecule has 0 atom stereocenters. The van der Waals surface area contributed by atoms with Gasteiger partial charge in [-0.05, 0) is 62.1 Å². The van der Waals surface area contributed by atoms with Crippen molar-refractivity contribution in [3.63, 3.8) is 0 Å². The van der Waals surface area contributed by atoms with Crippen LogP contribution in [0.5, 0.6) is 0 Å². The fraction of sp³-hybridized carbons (Fsp3) is 0.381. The van der Waals surface area contributed by atoms with Gasteiger partial charge in [0.2, 0.25) is 0 Å². The van der Waals surface area contributed by atoms with Crippen molar-refractivity contribution >= 4 is 11.6 Å². The molecular formula is C21H26N2O2. The van der Waals surface area contributed by atoms with Crippen molar-refractivity contribution in [2.45, 2.75) is 38.3 Å². The Hall–Kier alpha value is -2.17. The minimum Gasteiger partial charge on any atom is -0.396 e. The zero-order chi connectivity index (χ0) is 17.5. The number of rotatable bonds is 9. The van der Waals surface area contributed by atoms with Gasteiger partial charge in [-0.2, -0.15) is 0 Å². The van der Waals surface area contributed by atoms with E-state index in [-0.39, 0.29) is 12.5 Å². The number of carbonyl (C=O) groups is 1. The van der Waals surface area contributed by atoms with Crippen LogP contribution in [0.2, 0.25) is 0 Å². The van der Waals surface area contributed by atoms with Gasteiger partial charge >= 0.3 is 0 Å². The van der Waals surface area contributed by atoms with Gasteiger partial charge in [-0.3, -0.25) is 9.69 Å². The highest BCUT2D eigenvalue weighted by Gasteiger charge is 2.28. The zero-order valence-corrected chi connectivity index (χ0v) is 14.5. The van der Waals surface area contributed by atoms with Gasteiger partial charge in [0.25, 0.3) is 5.91 Å². The molecule has 1 amide bonds. The lowest BCUT2D eigenvalue weighted by Crippen LogP contribution is -2.27. The van der Waals surface area contributed by atoms with Crippen LogP contribution >= 0.6 is 0 Å². The average molecular weight is 338 g/mol. The molecule has 1 saturated carbocycles. The number of benzene rings is 2. The molecule has 2 N–H and O–H groups in total. The summed E-state index contributed by atoms with van der Waals surface area (Å²) in [6.07, 6.45) is 4.44. The SMILES string of the molecule is O=C(Nc1ccccc1)c1ccc(CN(CCCCO)C2CC2)cc1. The molecule has 1 aliphatic carbocycles. The Morgan fingerprint density at radius 1 is 1.04 bits per heavy atom. The minimum atomic E-state index is -0.0836. The molecule has 0 saturated heterocycles. The molecule has 0 bridgehead atoms. The average Bonchev–Trinajstić information content (AvgIpc) is 3.47. The summed E-state index contributed by atoms with van der Waals surface area (Å²) in [5, 5.41) is 11.9. The molecule has 132 valence electrons. The molecular weight excluding hydrogens is 312 g/mol. The molecule has 1 fully saturated rings. The van der Waals surface area contributed by atoms with Crippen LogP contribution in [0.1, 0.15) is 41.6 Å². The predicted molar refractivity (Wildman–Crippen MR) is 101 cm³/mol. The number of para-hydroxylation sites is 1. The number of amides is 1. The summed E-state index contributed by atoms with van der Waals surface area (Å²) >= 11 is 0. The Morgan fingerprint density at radius 2 is 1.76 bits per heavy atom. The molecule has 2 aromatic carbocycles. The molecule has 1 aliphatic rings. The number of hydrogen-bond acceptors (Lipinski definition) is 3. The van der Waals surface area contributed by atoms with E-state index in [2.05, 4.69) is 10.2 Å². The summed E-state index contributed by atoms with van der Waals surface area (Å²) in [5.41, 5.74) is 2.71. The summed E-state index contributed by atoms with van der Waals surface area (Å²) < 4.78 is 0. The Kier molecular flexibility index (Phi) is 6.20. The second-order valence-electron chi connectivity index (χ2n) is 6.65. The fourth-order valence-electron chi connectivity index (χ4n) is 2.98. The zero-order valence-electron chi connectivity index (χ0n) is 14.5. The maximum Gasteiger partial charge on any atom is 0.255 e. The monoisotopic (exact) mass is 338 g/mol. The van der Waals surface area contributed by atoms with Crippen LogP contribution in [0.25, 0.3) is 0 Å². The lowest BCUT2D eigenvalue weighted by atomic mass is 10.1. The maximum atomic E-state index is 12.3. The Bertz CT molecular complexity index is 666. The number of anilines is 1. The van der Waals surface area contributed by atoms with Crippen LogP contribution in [0, 0.1) is 0 Å². The lowest BCUT2D eigenvalue weighted by Gasteiger charge is -2.22. The normalized spacial score (nSPS) is 13.8. The van der Waals surface area contributed by atoms with Crippen molar-refractivity contribution in [1.82, 2.24) is 4.90 Å². The van der Waals surface area contributed by atoms with Crippen LogP contribution in [-0.4, -0.2) is 35.1 Å². The number of hydrogen-bond donors (Lipinski definition) is 2. The second-order valence-corrected chi connectivity index (χ2v) is 6.65. The molecule has 0 aromatic heterocycles. The first kappa shape index (κ1) is 17.6. The van der Waals surface area contributed by atoms with E-state index < -0.39 is 0 Å². The summed E-state index contributed by atoms with van der Waals surface area (Å²) in [4.78, 5) is 14.8. The minimum absolute atomic E-state index is 0.0836. The summed E-state index contributed by atoms with van der Waals surface area (Å²) in [6.45, 7) is 2.21. The smallest absolute Gasteiger partial charge is 0.255 e. The standard InChI is InChI=1S/C21H26N2O2/c24-15-5-4-14-23(20-12-13-20)16-17-8-10-18(11-9-17)21(25)22-19-6-2-1-3-7-19/h1-3,6-11,20,24H,4-5,12-16H2,(H,22,25). The van der Waals surface area contributed by atoms with E-state index in [9.17, 15) is 4.79 Å². The molecule has 2 aromatic rings. The highest BCUT2D eigenvalue weighted by Crippen LogP contribution is 2.28. The number of aliphatic hydroxyl groups excluding tert-OH is 1. The third kappa shape index (κ3) is 5.41. The van der Waals surface area contributed by atoms with Gasteiger partial charge in [-0.15, -0.1) is 0 Å². The van der Waals surface area contributed by atoms with E-state index in [4.69, 9.17) is 5.11 Å². The molecule has 0 spiro atoms. The summed E-state index contributed by atoms with van der Waals surface area (Å²) in [6, 6.07) is 18.1. The molecule has 4 nitrogen and oxygen atoms in total. The highest BCUT2D eigenvalue weighted by molar-refractivity contribution is 6.04. The quantitative estimate of drug-likeness (QED) is 0.686. The highest BCUT2D eigenvalue weighted by atomic mass is 16.2. The van der Waals surface area contributed by atoms with Crippen LogP contribution in [0.3, 0.4) is 0 Å². The largest absolute Gasteiger partial charge is 0.396 e. The molecule has 0 unspecified atom stereocenters. The summed E-state index contributed by atoms with van der Waals surface area (Å²) in [7, 11) is 0. The number of aliphatic hydroxyl groups is 1. The first-order chi connectivity index (χ1) is 12.3. The number of carbonyl (C=O) groups excluding carboxylic acids is 1. The second kappa shape index (κ2) is 8.79. The fourth-order valence-corrected chi connectivity index (χ4v) is 2.98. The van der Waals surface area contributed by atoms with Crippen molar-refractivity contribution in [3.8, 4) is 0 Å². The van der Waals surface area contributed by atoms with E-state index in [0.29, 0.717) is 11.6 Å². The third-order valence-electron chi connectivity index (χ3n) is 4.55. The van der Waals surface area contributed by atoms with Crippen LogP contribution in [-0.2, 0) is 6.54 Å². The van der Waals surface area contributed by atoms with Crippen molar-refractivity contribution < 1.29 is 9.90 Å². The molecule has 25 heavy (non-hydrogen) atoms. The lowest BCUT2D eigenvalue weighted by molar-refractivity contribution is 0.102. The van der Waals surface area contributed by atoms with Crippen molar-refractivity contribution in [3.05, 3.63) is 65.7 Å². The van der Waals surface area contributed by atoms with Gasteiger partial charge in [0.1, 0.15) is 0 Å². The number of unbranched alkanes of at least 4 members (excludes halogenated alkanes) is 1. The predicted octanol–water partition coefficient (Wildman–Crippen LogP) is 3.68. The van der Waals surface area contributed by atoms with E-state index in [1.54, 1.807) is 0 Å².